The molecule has 208 valence electrons. The third kappa shape index (κ3) is 7.78. The van der Waals surface area contributed by atoms with Gasteiger partial charge in [0.15, 0.2) is 0 Å². The van der Waals surface area contributed by atoms with Gasteiger partial charge in [-0.05, 0) is 77.9 Å². The summed E-state index contributed by atoms with van der Waals surface area (Å²) in [5.41, 5.74) is 1.03. The maximum atomic E-state index is 13.6. The molecule has 0 amide bonds. The summed E-state index contributed by atoms with van der Waals surface area (Å²) in [5, 5.41) is 0. The average molecular weight is 542 g/mol. The molecule has 1 aliphatic heterocycles. The zero-order valence-corrected chi connectivity index (χ0v) is 24.7. The first-order valence-electron chi connectivity index (χ1n) is 13.8. The Kier molecular flexibility index (Phi) is 10.4. The average Bonchev–Trinajstić information content (AvgIpc) is 3.07. The monoisotopic (exact) mass is 541 g/mol. The molecular formula is C30H44BNO5S. The third-order valence-electron chi connectivity index (χ3n) is 7.83. The molecule has 0 aliphatic carbocycles. The molecule has 1 atom stereocenters. The predicted molar refractivity (Wildman–Crippen MR) is 153 cm³/mol. The van der Waals surface area contributed by atoms with Crippen LogP contribution in [-0.2, 0) is 30.7 Å². The molecule has 3 rings (SSSR count). The van der Waals surface area contributed by atoms with Gasteiger partial charge in [0.2, 0.25) is 10.0 Å². The minimum atomic E-state index is -3.70. The molecule has 0 spiro atoms. The van der Waals surface area contributed by atoms with Crippen molar-refractivity contribution in [2.75, 3.05) is 6.54 Å². The smallest absolute Gasteiger partial charge is 0.403 e. The van der Waals surface area contributed by atoms with Crippen molar-refractivity contribution in [1.82, 2.24) is 4.31 Å². The summed E-state index contributed by atoms with van der Waals surface area (Å²) in [6, 6.07) is 16.6. The first kappa shape index (κ1) is 30.5. The summed E-state index contributed by atoms with van der Waals surface area (Å²) >= 11 is 0. The molecule has 0 bridgehead atoms. The van der Waals surface area contributed by atoms with E-state index in [1.54, 1.807) is 12.1 Å². The largest absolute Gasteiger partial charge is 0.458 e. The summed E-state index contributed by atoms with van der Waals surface area (Å²) in [4.78, 5) is 13.5. The van der Waals surface area contributed by atoms with Gasteiger partial charge in [-0.25, -0.2) is 8.42 Å². The lowest BCUT2D eigenvalue weighted by molar-refractivity contribution is -0.122. The second kappa shape index (κ2) is 12.9. The number of ketones is 1. The van der Waals surface area contributed by atoms with Crippen molar-refractivity contribution in [2.45, 2.75) is 103 Å². The van der Waals surface area contributed by atoms with Crippen LogP contribution in [0.5, 0.6) is 0 Å². The van der Waals surface area contributed by atoms with E-state index in [1.807, 2.05) is 77.1 Å². The van der Waals surface area contributed by atoms with Gasteiger partial charge in [-0.2, -0.15) is 4.31 Å². The van der Waals surface area contributed by atoms with Crippen LogP contribution in [0.25, 0.3) is 0 Å². The van der Waals surface area contributed by atoms with Crippen LogP contribution in [0.15, 0.2) is 59.5 Å². The molecule has 0 saturated carbocycles. The lowest BCUT2D eigenvalue weighted by atomic mass is 9.73. The van der Waals surface area contributed by atoms with Crippen molar-refractivity contribution in [2.24, 2.45) is 5.92 Å². The Labute approximate surface area is 230 Å². The molecule has 8 heteroatoms. The van der Waals surface area contributed by atoms with E-state index in [0.717, 1.165) is 24.0 Å². The van der Waals surface area contributed by atoms with Gasteiger partial charge in [-0.1, -0.05) is 61.4 Å². The Bertz CT molecular complexity index is 1130. The fourth-order valence-electron chi connectivity index (χ4n) is 4.70. The number of unbranched alkanes of at least 4 members (excludes halogenated alkanes) is 1. The zero-order chi connectivity index (χ0) is 28.0. The summed E-state index contributed by atoms with van der Waals surface area (Å²) in [5.74, 6) is -0.0329. The van der Waals surface area contributed by atoms with Crippen molar-refractivity contribution in [3.63, 3.8) is 0 Å². The number of Topliss-reactive ketones (excluding diaryl/α,β-unsaturated/α-hetero) is 1. The maximum absolute atomic E-state index is 13.6. The van der Waals surface area contributed by atoms with Crippen molar-refractivity contribution in [3.8, 4) is 0 Å². The lowest BCUT2D eigenvalue weighted by Gasteiger charge is -2.32. The molecule has 1 fully saturated rings. The second-order valence-electron chi connectivity index (χ2n) is 11.5. The van der Waals surface area contributed by atoms with E-state index in [1.165, 1.54) is 4.31 Å². The highest BCUT2D eigenvalue weighted by Gasteiger charge is 2.51. The van der Waals surface area contributed by atoms with Crippen molar-refractivity contribution in [3.05, 3.63) is 65.7 Å². The highest BCUT2D eigenvalue weighted by atomic mass is 32.2. The van der Waals surface area contributed by atoms with Gasteiger partial charge in [0.05, 0.1) is 16.1 Å². The quantitative estimate of drug-likeness (QED) is 0.258. The van der Waals surface area contributed by atoms with Crippen molar-refractivity contribution >= 4 is 22.9 Å². The molecule has 2 aromatic carbocycles. The van der Waals surface area contributed by atoms with Crippen molar-refractivity contribution < 1.29 is 22.5 Å². The van der Waals surface area contributed by atoms with Crippen LogP contribution in [0.1, 0.15) is 77.8 Å². The predicted octanol–water partition coefficient (Wildman–Crippen LogP) is 6.43. The number of sulfonamides is 1. The minimum absolute atomic E-state index is 0.206. The maximum Gasteiger partial charge on any atom is 0.458 e. The van der Waals surface area contributed by atoms with Gasteiger partial charge in [-0.3, -0.25) is 4.79 Å². The van der Waals surface area contributed by atoms with Crippen LogP contribution in [0.4, 0.5) is 0 Å². The van der Waals surface area contributed by atoms with E-state index in [0.29, 0.717) is 32.1 Å². The van der Waals surface area contributed by atoms with Gasteiger partial charge in [0.1, 0.15) is 5.78 Å². The summed E-state index contributed by atoms with van der Waals surface area (Å²) in [6.45, 7) is 12.7. The van der Waals surface area contributed by atoms with Crippen LogP contribution < -0.4 is 0 Å². The number of carbonyl (C=O) groups excluding carboxylic acids is 1. The summed E-state index contributed by atoms with van der Waals surface area (Å²) in [7, 11) is -4.15. The Balaban J connectivity index is 1.75. The minimum Gasteiger partial charge on any atom is -0.403 e. The number of hydrogen-bond donors (Lipinski definition) is 0. The topological polar surface area (TPSA) is 72.9 Å². The highest BCUT2D eigenvalue weighted by Crippen LogP contribution is 2.39. The van der Waals surface area contributed by atoms with Crippen LogP contribution in [-0.4, -0.2) is 43.4 Å². The van der Waals surface area contributed by atoms with Crippen molar-refractivity contribution in [1.29, 1.82) is 0 Å². The van der Waals surface area contributed by atoms with Gasteiger partial charge in [0.25, 0.3) is 0 Å². The molecule has 0 radical (unpaired) electrons. The summed E-state index contributed by atoms with van der Waals surface area (Å²) < 4.78 is 41.2. The molecule has 1 heterocycles. The van der Waals surface area contributed by atoms with Crippen LogP contribution in [0.3, 0.4) is 0 Å². The van der Waals surface area contributed by atoms with E-state index in [9.17, 15) is 13.2 Å². The molecular weight excluding hydrogens is 497 g/mol. The van der Waals surface area contributed by atoms with E-state index in [4.69, 9.17) is 9.31 Å². The van der Waals surface area contributed by atoms with E-state index in [2.05, 4.69) is 6.92 Å². The highest BCUT2D eigenvalue weighted by molar-refractivity contribution is 7.89. The molecule has 0 N–H and O–H groups in total. The fourth-order valence-corrected chi connectivity index (χ4v) is 6.17. The normalized spacial score (nSPS) is 17.6. The van der Waals surface area contributed by atoms with E-state index < -0.39 is 28.3 Å². The number of carbonyl (C=O) groups is 1. The van der Waals surface area contributed by atoms with Gasteiger partial charge < -0.3 is 9.31 Å². The Hall–Kier alpha value is -2.00. The van der Waals surface area contributed by atoms with Crippen LogP contribution in [0, 0.1) is 12.8 Å². The zero-order valence-electron chi connectivity index (χ0n) is 23.9. The molecule has 1 saturated heterocycles. The van der Waals surface area contributed by atoms with Crippen LogP contribution >= 0.6 is 0 Å². The molecule has 0 aromatic heterocycles. The second-order valence-corrected chi connectivity index (χ2v) is 13.4. The number of nitrogens with zero attached hydrogens (tertiary/aromatic N) is 1. The SMILES string of the molecule is CCCCC(=O)C(CCCN(Cc1ccccc1)S(=O)(=O)c1ccc(C)cc1)CB1OC(C)(C)C(C)(C)O1. The molecule has 6 nitrogen and oxygen atoms in total. The Morgan fingerprint density at radius 2 is 1.55 bits per heavy atom. The first-order valence-corrected chi connectivity index (χ1v) is 15.3. The fraction of sp³-hybridized carbons (Fsp3) is 0.567. The molecule has 1 unspecified atom stereocenters. The molecule has 38 heavy (non-hydrogen) atoms. The number of rotatable bonds is 14. The Morgan fingerprint density at radius 1 is 0.947 bits per heavy atom. The lowest BCUT2D eigenvalue weighted by Crippen LogP contribution is -2.41. The number of hydrogen-bond acceptors (Lipinski definition) is 5. The third-order valence-corrected chi connectivity index (χ3v) is 9.69. The van der Waals surface area contributed by atoms with Gasteiger partial charge in [0, 0.05) is 25.4 Å². The van der Waals surface area contributed by atoms with E-state index in [-0.39, 0.29) is 23.1 Å². The number of benzene rings is 2. The number of aryl methyl sites for hydroxylation is 1. The first-order chi connectivity index (χ1) is 17.9. The van der Waals surface area contributed by atoms with E-state index >= 15 is 0 Å². The van der Waals surface area contributed by atoms with Crippen LogP contribution in [0.2, 0.25) is 6.32 Å². The summed E-state index contributed by atoms with van der Waals surface area (Å²) in [6.07, 6.45) is 3.96. The van der Waals surface area contributed by atoms with Gasteiger partial charge in [-0.15, -0.1) is 0 Å². The Morgan fingerprint density at radius 3 is 2.13 bits per heavy atom. The molecule has 1 aliphatic rings. The standard InChI is InChI=1S/C30H44BNO5S/c1-7-8-16-28(33)26(22-31-36-29(3,4)30(5,6)37-31)15-12-21-32(23-25-13-10-9-11-14-25)38(34,35)27-19-17-24(2)18-20-27/h9-11,13-14,17-20,26H,7-8,12,15-16,21-23H2,1-6H3. The molecule has 2 aromatic rings. The van der Waals surface area contributed by atoms with Gasteiger partial charge >= 0.3 is 7.12 Å².